The highest BCUT2D eigenvalue weighted by molar-refractivity contribution is 6.00. The lowest BCUT2D eigenvalue weighted by molar-refractivity contribution is 0.413. The standard InChI is InChI=1S/C14HF9/c15-6-2-1-3-5(10(19)14(23)12(21)7(3)16)8(17)4(2)9(18)13(22)11(6)20/h1H. The van der Waals surface area contributed by atoms with Crippen molar-refractivity contribution in [1.29, 1.82) is 0 Å². The predicted molar refractivity (Wildman–Crippen MR) is 61.1 cm³/mol. The fourth-order valence-corrected chi connectivity index (χ4v) is 2.27. The zero-order valence-electron chi connectivity index (χ0n) is 10.5. The Kier molecular flexibility index (Phi) is 3.20. The van der Waals surface area contributed by atoms with Crippen LogP contribution in [-0.2, 0) is 0 Å². The fourth-order valence-electron chi connectivity index (χ4n) is 2.27. The Morgan fingerprint density at radius 1 is 0.348 bits per heavy atom. The van der Waals surface area contributed by atoms with Crippen molar-refractivity contribution in [3.63, 3.8) is 0 Å². The van der Waals surface area contributed by atoms with E-state index in [9.17, 15) is 39.5 Å². The van der Waals surface area contributed by atoms with Gasteiger partial charge < -0.3 is 0 Å². The van der Waals surface area contributed by atoms with Crippen LogP contribution < -0.4 is 0 Å². The Balaban J connectivity index is 2.73. The lowest BCUT2D eigenvalue weighted by Crippen LogP contribution is -2.04. The molecule has 0 unspecified atom stereocenters. The molecule has 0 fully saturated rings. The number of benzene rings is 3. The summed E-state index contributed by atoms with van der Waals surface area (Å²) in [4.78, 5) is 0. The van der Waals surface area contributed by atoms with Gasteiger partial charge in [0.25, 0.3) is 0 Å². The highest BCUT2D eigenvalue weighted by Gasteiger charge is 2.29. The van der Waals surface area contributed by atoms with Crippen LogP contribution in [0.1, 0.15) is 0 Å². The first kappa shape index (κ1) is 15.4. The van der Waals surface area contributed by atoms with Gasteiger partial charge in [-0.05, 0) is 6.07 Å². The average molecular weight is 340 g/mol. The van der Waals surface area contributed by atoms with Crippen molar-refractivity contribution in [2.75, 3.05) is 0 Å². The van der Waals surface area contributed by atoms with Gasteiger partial charge >= 0.3 is 0 Å². The molecule has 0 bridgehead atoms. The van der Waals surface area contributed by atoms with Crippen LogP contribution in [0.25, 0.3) is 21.5 Å². The van der Waals surface area contributed by atoms with Crippen molar-refractivity contribution in [3.8, 4) is 0 Å². The monoisotopic (exact) mass is 340 g/mol. The van der Waals surface area contributed by atoms with Gasteiger partial charge in [0.15, 0.2) is 46.5 Å². The largest absolute Gasteiger partial charge is 0.205 e. The van der Waals surface area contributed by atoms with E-state index in [-0.39, 0.29) is 6.07 Å². The summed E-state index contributed by atoms with van der Waals surface area (Å²) in [6.07, 6.45) is 0. The second-order valence-electron chi connectivity index (χ2n) is 4.55. The first-order chi connectivity index (χ1) is 10.7. The molecule has 0 aliphatic carbocycles. The van der Waals surface area contributed by atoms with E-state index >= 15 is 0 Å². The smallest absolute Gasteiger partial charge is 0.198 e. The highest BCUT2D eigenvalue weighted by Crippen LogP contribution is 2.37. The molecular formula is C14HF9. The van der Waals surface area contributed by atoms with Gasteiger partial charge in [-0.1, -0.05) is 0 Å². The maximum Gasteiger partial charge on any atom is 0.198 e. The van der Waals surface area contributed by atoms with Crippen LogP contribution in [0.3, 0.4) is 0 Å². The molecule has 0 atom stereocenters. The zero-order valence-corrected chi connectivity index (χ0v) is 10.5. The van der Waals surface area contributed by atoms with E-state index in [1.807, 2.05) is 0 Å². The summed E-state index contributed by atoms with van der Waals surface area (Å²) in [5.41, 5.74) is 0. The maximum atomic E-state index is 14.2. The van der Waals surface area contributed by atoms with Gasteiger partial charge in [0.1, 0.15) is 5.82 Å². The van der Waals surface area contributed by atoms with Crippen LogP contribution in [0.4, 0.5) is 39.5 Å². The van der Waals surface area contributed by atoms with Gasteiger partial charge in [0, 0.05) is 10.8 Å². The third kappa shape index (κ3) is 1.82. The van der Waals surface area contributed by atoms with Crippen molar-refractivity contribution in [1.82, 2.24) is 0 Å². The molecular weight excluding hydrogens is 339 g/mol. The Bertz CT molecular complexity index is 929. The Labute approximate surface area is 120 Å². The molecule has 0 aliphatic heterocycles. The first-order valence-corrected chi connectivity index (χ1v) is 5.78. The molecule has 0 aromatic heterocycles. The van der Waals surface area contributed by atoms with Crippen molar-refractivity contribution < 1.29 is 39.5 Å². The molecule has 3 aromatic carbocycles. The van der Waals surface area contributed by atoms with E-state index in [4.69, 9.17) is 0 Å². The van der Waals surface area contributed by atoms with Crippen LogP contribution in [-0.4, -0.2) is 0 Å². The summed E-state index contributed by atoms with van der Waals surface area (Å²) in [5, 5.41) is -5.71. The van der Waals surface area contributed by atoms with Crippen LogP contribution in [0.15, 0.2) is 6.07 Å². The summed E-state index contributed by atoms with van der Waals surface area (Å²) in [5.74, 6) is -20.1. The van der Waals surface area contributed by atoms with Gasteiger partial charge in [0.05, 0.1) is 10.8 Å². The van der Waals surface area contributed by atoms with Crippen molar-refractivity contribution in [3.05, 3.63) is 58.4 Å². The second kappa shape index (κ2) is 4.77. The Hall–Kier alpha value is -2.45. The minimum Gasteiger partial charge on any atom is -0.205 e. The van der Waals surface area contributed by atoms with Crippen LogP contribution in [0, 0.1) is 52.4 Å². The number of fused-ring (bicyclic) bond motifs is 2. The van der Waals surface area contributed by atoms with Gasteiger partial charge in [0.2, 0.25) is 0 Å². The normalized spacial score (nSPS) is 11.7. The zero-order chi connectivity index (χ0) is 17.2. The first-order valence-electron chi connectivity index (χ1n) is 5.78. The molecule has 0 aliphatic rings. The lowest BCUT2D eigenvalue weighted by atomic mass is 10.00. The van der Waals surface area contributed by atoms with Crippen molar-refractivity contribution in [2.24, 2.45) is 0 Å². The van der Waals surface area contributed by atoms with Crippen LogP contribution in [0.5, 0.6) is 0 Å². The summed E-state index contributed by atoms with van der Waals surface area (Å²) < 4.78 is 121. The van der Waals surface area contributed by atoms with E-state index in [2.05, 4.69) is 0 Å². The van der Waals surface area contributed by atoms with Crippen molar-refractivity contribution in [2.45, 2.75) is 0 Å². The molecule has 120 valence electrons. The molecule has 0 nitrogen and oxygen atoms in total. The number of hydrogen-bond donors (Lipinski definition) is 0. The van der Waals surface area contributed by atoms with E-state index in [1.54, 1.807) is 0 Å². The van der Waals surface area contributed by atoms with E-state index in [1.165, 1.54) is 0 Å². The van der Waals surface area contributed by atoms with Crippen LogP contribution >= 0.6 is 0 Å². The fraction of sp³-hybridized carbons (Fsp3) is 0. The highest BCUT2D eigenvalue weighted by atomic mass is 19.2. The third-order valence-corrected chi connectivity index (χ3v) is 3.33. The topological polar surface area (TPSA) is 0 Å². The predicted octanol–water partition coefficient (Wildman–Crippen LogP) is 5.24. The summed E-state index contributed by atoms with van der Waals surface area (Å²) in [7, 11) is 0. The molecule has 0 spiro atoms. The molecule has 3 rings (SSSR count). The van der Waals surface area contributed by atoms with Gasteiger partial charge in [-0.25, -0.2) is 39.5 Å². The minimum absolute atomic E-state index is 0.162. The molecule has 0 saturated carbocycles. The molecule has 0 saturated heterocycles. The van der Waals surface area contributed by atoms with Gasteiger partial charge in [-0.3, -0.25) is 0 Å². The Morgan fingerprint density at radius 2 is 0.652 bits per heavy atom. The third-order valence-electron chi connectivity index (χ3n) is 3.33. The summed E-state index contributed by atoms with van der Waals surface area (Å²) in [6.45, 7) is 0. The molecule has 3 aromatic rings. The van der Waals surface area contributed by atoms with Crippen molar-refractivity contribution >= 4 is 21.5 Å². The summed E-state index contributed by atoms with van der Waals surface area (Å²) in [6, 6.07) is 0.162. The SMILES string of the molecule is Fc1c(F)c(F)c2c(F)c3c(F)c(F)c(F)c(F)c3cc2c1F. The van der Waals surface area contributed by atoms with Crippen LogP contribution in [0.2, 0.25) is 0 Å². The molecule has 0 heterocycles. The summed E-state index contributed by atoms with van der Waals surface area (Å²) >= 11 is 0. The van der Waals surface area contributed by atoms with E-state index < -0.39 is 73.9 Å². The average Bonchev–Trinajstić information content (AvgIpc) is 2.53. The molecule has 9 heteroatoms. The lowest BCUT2D eigenvalue weighted by Gasteiger charge is -2.11. The molecule has 0 amide bonds. The van der Waals surface area contributed by atoms with Gasteiger partial charge in [-0.2, -0.15) is 0 Å². The molecule has 0 radical (unpaired) electrons. The molecule has 0 N–H and O–H groups in total. The Morgan fingerprint density at radius 3 is 1.00 bits per heavy atom. The number of hydrogen-bond acceptors (Lipinski definition) is 0. The van der Waals surface area contributed by atoms with E-state index in [0.717, 1.165) is 0 Å². The maximum absolute atomic E-state index is 14.2. The molecule has 23 heavy (non-hydrogen) atoms. The number of halogens is 9. The quantitative estimate of drug-likeness (QED) is 0.227. The number of rotatable bonds is 0. The minimum atomic E-state index is -2.39. The second-order valence-corrected chi connectivity index (χ2v) is 4.55. The van der Waals surface area contributed by atoms with E-state index in [0.29, 0.717) is 0 Å². The van der Waals surface area contributed by atoms with Gasteiger partial charge in [-0.15, -0.1) is 0 Å².